The van der Waals surface area contributed by atoms with Gasteiger partial charge in [-0.2, -0.15) is 11.8 Å². The molecule has 0 saturated carbocycles. The van der Waals surface area contributed by atoms with Gasteiger partial charge in [0.05, 0.1) is 5.25 Å². The lowest BCUT2D eigenvalue weighted by Gasteiger charge is -2.37. The Balaban J connectivity index is 2.78. The lowest BCUT2D eigenvalue weighted by Crippen LogP contribution is -2.58. The summed E-state index contributed by atoms with van der Waals surface area (Å²) in [5.41, 5.74) is 0. The fourth-order valence-electron chi connectivity index (χ4n) is 1.99. The van der Waals surface area contributed by atoms with E-state index in [0.717, 1.165) is 6.42 Å². The summed E-state index contributed by atoms with van der Waals surface area (Å²) in [5.74, 6) is 0.480. The van der Waals surface area contributed by atoms with Crippen LogP contribution in [0.2, 0.25) is 0 Å². The minimum absolute atomic E-state index is 0.00777. The first-order valence-corrected chi connectivity index (χ1v) is 7.37. The van der Waals surface area contributed by atoms with Gasteiger partial charge in [0, 0.05) is 13.1 Å². The number of carbonyl (C=O) groups excluding carboxylic acids is 2. The number of carbonyl (C=O) groups is 2. The van der Waals surface area contributed by atoms with E-state index in [1.807, 2.05) is 13.2 Å². The Morgan fingerprint density at radius 3 is 2.71 bits per heavy atom. The van der Waals surface area contributed by atoms with Crippen molar-refractivity contribution in [2.45, 2.75) is 38.5 Å². The minimum atomic E-state index is -0.286. The number of nitrogens with one attached hydrogen (secondary N) is 1. The van der Waals surface area contributed by atoms with Crippen LogP contribution in [-0.4, -0.2) is 47.4 Å². The maximum absolute atomic E-state index is 12.2. The topological polar surface area (TPSA) is 49.4 Å². The number of hydrogen-bond acceptors (Lipinski definition) is 3. The van der Waals surface area contributed by atoms with Crippen molar-refractivity contribution in [1.29, 1.82) is 0 Å². The Kier molecular flexibility index (Phi) is 5.31. The number of hydrogen-bond donors (Lipinski definition) is 1. The van der Waals surface area contributed by atoms with Crippen molar-refractivity contribution in [3.8, 4) is 0 Å². The minimum Gasteiger partial charge on any atom is -0.353 e. The fourth-order valence-corrected chi connectivity index (χ4v) is 2.33. The van der Waals surface area contributed by atoms with E-state index in [2.05, 4.69) is 19.2 Å². The molecular formula is C12H22N2O2S. The first-order valence-electron chi connectivity index (χ1n) is 6.08. The first-order chi connectivity index (χ1) is 7.97. The molecule has 1 rings (SSSR count). The monoisotopic (exact) mass is 258 g/mol. The molecular weight excluding hydrogens is 236 g/mol. The molecule has 1 heterocycles. The first kappa shape index (κ1) is 14.4. The van der Waals surface area contributed by atoms with Crippen molar-refractivity contribution >= 4 is 23.6 Å². The summed E-state index contributed by atoms with van der Waals surface area (Å²) >= 11 is 1.53. The van der Waals surface area contributed by atoms with Gasteiger partial charge in [-0.25, -0.2) is 0 Å². The molecule has 0 radical (unpaired) electrons. The molecule has 0 spiro atoms. The van der Waals surface area contributed by atoms with E-state index in [9.17, 15) is 9.59 Å². The second-order valence-corrected chi connectivity index (χ2v) is 6.02. The Morgan fingerprint density at radius 2 is 2.18 bits per heavy atom. The van der Waals surface area contributed by atoms with Crippen molar-refractivity contribution in [2.75, 3.05) is 19.3 Å². The second-order valence-electron chi connectivity index (χ2n) is 4.85. The van der Waals surface area contributed by atoms with Crippen molar-refractivity contribution < 1.29 is 9.59 Å². The molecule has 4 nitrogen and oxygen atoms in total. The van der Waals surface area contributed by atoms with Crippen LogP contribution >= 0.6 is 11.8 Å². The lowest BCUT2D eigenvalue weighted by molar-refractivity contribution is -0.143. The highest BCUT2D eigenvalue weighted by Crippen LogP contribution is 2.18. The van der Waals surface area contributed by atoms with Crippen LogP contribution < -0.4 is 5.32 Å². The highest BCUT2D eigenvalue weighted by atomic mass is 32.2. The molecule has 1 fully saturated rings. The molecule has 1 saturated heterocycles. The number of amides is 2. The highest BCUT2D eigenvalue weighted by molar-refractivity contribution is 7.99. The van der Waals surface area contributed by atoms with Crippen molar-refractivity contribution in [3.63, 3.8) is 0 Å². The maximum Gasteiger partial charge on any atom is 0.242 e. The maximum atomic E-state index is 12.2. The molecule has 0 aliphatic carbocycles. The fraction of sp³-hybridized carbons (Fsp3) is 0.833. The van der Waals surface area contributed by atoms with Crippen LogP contribution in [0.5, 0.6) is 0 Å². The molecule has 0 aromatic rings. The van der Waals surface area contributed by atoms with Gasteiger partial charge in [-0.3, -0.25) is 9.59 Å². The predicted molar refractivity (Wildman–Crippen MR) is 70.9 cm³/mol. The summed E-state index contributed by atoms with van der Waals surface area (Å²) in [6, 6.07) is -0.286. The average molecular weight is 258 g/mol. The quantitative estimate of drug-likeness (QED) is 0.822. The molecule has 0 bridgehead atoms. The van der Waals surface area contributed by atoms with Gasteiger partial charge in [0.25, 0.3) is 0 Å². The van der Waals surface area contributed by atoms with Gasteiger partial charge in [0.1, 0.15) is 6.04 Å². The zero-order valence-corrected chi connectivity index (χ0v) is 11.8. The largest absolute Gasteiger partial charge is 0.353 e. The van der Waals surface area contributed by atoms with Gasteiger partial charge in [-0.05, 0) is 25.5 Å². The molecule has 1 aliphatic rings. The predicted octanol–water partition coefficient (Wildman–Crippen LogP) is 1.11. The molecule has 1 aliphatic heterocycles. The van der Waals surface area contributed by atoms with Crippen molar-refractivity contribution in [1.82, 2.24) is 10.2 Å². The standard InChI is InChI=1S/C12H22N2O2S/c1-8(2)7-10-11(15)13-5-6-14(10)12(16)9(3)17-4/h8-10H,5-7H2,1-4H3,(H,13,15)/t9-,10-/m1/s1. The zero-order valence-electron chi connectivity index (χ0n) is 11.0. The van der Waals surface area contributed by atoms with Crippen LogP contribution in [0, 0.1) is 5.92 Å². The van der Waals surface area contributed by atoms with Crippen LogP contribution in [0.4, 0.5) is 0 Å². The molecule has 0 aromatic carbocycles. The van der Waals surface area contributed by atoms with Crippen LogP contribution in [0.25, 0.3) is 0 Å². The van der Waals surface area contributed by atoms with Gasteiger partial charge >= 0.3 is 0 Å². The second kappa shape index (κ2) is 6.28. The summed E-state index contributed by atoms with van der Waals surface area (Å²) < 4.78 is 0. The highest BCUT2D eigenvalue weighted by Gasteiger charge is 2.34. The summed E-state index contributed by atoms with van der Waals surface area (Å²) in [5, 5.41) is 2.77. The summed E-state index contributed by atoms with van der Waals surface area (Å²) in [7, 11) is 0. The van der Waals surface area contributed by atoms with E-state index in [0.29, 0.717) is 19.0 Å². The molecule has 2 amide bonds. The molecule has 0 aromatic heterocycles. The van der Waals surface area contributed by atoms with E-state index in [-0.39, 0.29) is 23.1 Å². The number of nitrogens with zero attached hydrogens (tertiary/aromatic N) is 1. The van der Waals surface area contributed by atoms with Gasteiger partial charge < -0.3 is 10.2 Å². The number of rotatable bonds is 4. The Morgan fingerprint density at radius 1 is 1.53 bits per heavy atom. The third kappa shape index (κ3) is 3.63. The van der Waals surface area contributed by atoms with Crippen LogP contribution in [0.3, 0.4) is 0 Å². The summed E-state index contributed by atoms with van der Waals surface area (Å²) in [6.45, 7) is 7.24. The van der Waals surface area contributed by atoms with Gasteiger partial charge in [0.15, 0.2) is 0 Å². The van der Waals surface area contributed by atoms with E-state index in [1.165, 1.54) is 11.8 Å². The molecule has 0 unspecified atom stereocenters. The van der Waals surface area contributed by atoms with Crippen LogP contribution in [-0.2, 0) is 9.59 Å². The molecule has 17 heavy (non-hydrogen) atoms. The summed E-state index contributed by atoms with van der Waals surface area (Å²) in [4.78, 5) is 25.8. The smallest absolute Gasteiger partial charge is 0.242 e. The van der Waals surface area contributed by atoms with Crippen LogP contribution in [0.1, 0.15) is 27.2 Å². The third-order valence-corrected chi connectivity index (χ3v) is 3.92. The molecule has 5 heteroatoms. The normalized spacial score (nSPS) is 22.5. The number of thioether (sulfide) groups is 1. The van der Waals surface area contributed by atoms with Crippen LogP contribution in [0.15, 0.2) is 0 Å². The van der Waals surface area contributed by atoms with Crippen molar-refractivity contribution in [3.05, 3.63) is 0 Å². The molecule has 1 N–H and O–H groups in total. The SMILES string of the molecule is CS[C@H](C)C(=O)N1CCNC(=O)[C@H]1CC(C)C. The Labute approximate surface area is 108 Å². The molecule has 2 atom stereocenters. The van der Waals surface area contributed by atoms with E-state index in [1.54, 1.807) is 4.90 Å². The van der Waals surface area contributed by atoms with E-state index < -0.39 is 0 Å². The lowest BCUT2D eigenvalue weighted by atomic mass is 10.00. The van der Waals surface area contributed by atoms with Gasteiger partial charge in [-0.15, -0.1) is 0 Å². The number of piperazine rings is 1. The van der Waals surface area contributed by atoms with Crippen molar-refractivity contribution in [2.24, 2.45) is 5.92 Å². The van der Waals surface area contributed by atoms with E-state index >= 15 is 0 Å². The average Bonchev–Trinajstić information content (AvgIpc) is 2.29. The summed E-state index contributed by atoms with van der Waals surface area (Å²) in [6.07, 6.45) is 2.66. The van der Waals surface area contributed by atoms with Gasteiger partial charge in [-0.1, -0.05) is 13.8 Å². The Hall–Kier alpha value is -0.710. The van der Waals surface area contributed by atoms with E-state index in [4.69, 9.17) is 0 Å². The van der Waals surface area contributed by atoms with Gasteiger partial charge in [0.2, 0.25) is 11.8 Å². The zero-order chi connectivity index (χ0) is 13.0. The molecule has 98 valence electrons. The third-order valence-electron chi connectivity index (χ3n) is 3.01. The Bertz CT molecular complexity index is 294.